The van der Waals surface area contributed by atoms with E-state index >= 15 is 0 Å². The maximum atomic E-state index is 13.8. The molecule has 0 amide bonds. The van der Waals surface area contributed by atoms with Gasteiger partial charge in [0.05, 0.1) is 11.3 Å². The summed E-state index contributed by atoms with van der Waals surface area (Å²) in [5.41, 5.74) is 6.50. The Bertz CT molecular complexity index is 490. The number of hydrogen-bond acceptors (Lipinski definition) is 3. The number of halogens is 1. The van der Waals surface area contributed by atoms with Crippen molar-refractivity contribution in [3.8, 4) is 0 Å². The molecule has 1 aromatic carbocycles. The second kappa shape index (κ2) is 4.81. The molecule has 0 radical (unpaired) electrons. The summed E-state index contributed by atoms with van der Waals surface area (Å²) in [6.07, 6.45) is 2.64. The van der Waals surface area contributed by atoms with E-state index in [1.165, 1.54) is 18.9 Å². The van der Waals surface area contributed by atoms with Crippen LogP contribution in [0, 0.1) is 11.2 Å². The van der Waals surface area contributed by atoms with E-state index in [0.29, 0.717) is 0 Å². The maximum Gasteiger partial charge on any atom is 0.136 e. The van der Waals surface area contributed by atoms with Crippen LogP contribution in [-0.4, -0.2) is 43.0 Å². The van der Waals surface area contributed by atoms with Crippen LogP contribution in [0.4, 0.5) is 10.1 Å². The molecule has 5 heteroatoms. The second-order valence-electron chi connectivity index (χ2n) is 5.30. The van der Waals surface area contributed by atoms with Gasteiger partial charge in [-0.05, 0) is 25.0 Å². The maximum absolute atomic E-state index is 13.8. The highest BCUT2D eigenvalue weighted by atomic mass is 19.1. The van der Waals surface area contributed by atoms with Crippen LogP contribution < -0.4 is 10.6 Å². The van der Waals surface area contributed by atoms with Crippen LogP contribution in [0.1, 0.15) is 18.4 Å². The van der Waals surface area contributed by atoms with Gasteiger partial charge in [0.2, 0.25) is 0 Å². The highest BCUT2D eigenvalue weighted by molar-refractivity contribution is 6.00. The summed E-state index contributed by atoms with van der Waals surface area (Å²) in [6, 6.07) is 5.68. The molecule has 2 aliphatic rings. The van der Waals surface area contributed by atoms with Gasteiger partial charge < -0.3 is 10.6 Å². The van der Waals surface area contributed by atoms with Gasteiger partial charge in [-0.1, -0.05) is 6.07 Å². The predicted molar refractivity (Wildman–Crippen MR) is 74.2 cm³/mol. The standard InChI is InChI=1S/C14H19FN4/c15-11-2-1-3-12(13(11)14(16)17)19-8-6-18(7-9-19)10-4-5-10/h1-3,10H,4-9H2,(H3,16,17). The van der Waals surface area contributed by atoms with Crippen LogP contribution in [0.25, 0.3) is 0 Å². The minimum absolute atomic E-state index is 0.197. The van der Waals surface area contributed by atoms with Gasteiger partial charge in [-0.3, -0.25) is 10.3 Å². The first-order valence-electron chi connectivity index (χ1n) is 6.78. The third-order valence-electron chi connectivity index (χ3n) is 3.98. The molecular weight excluding hydrogens is 243 g/mol. The molecule has 0 bridgehead atoms. The fourth-order valence-electron chi connectivity index (χ4n) is 2.81. The summed E-state index contributed by atoms with van der Waals surface area (Å²) in [5.74, 6) is -0.604. The van der Waals surface area contributed by atoms with Gasteiger partial charge in [0, 0.05) is 32.2 Å². The minimum atomic E-state index is -0.408. The van der Waals surface area contributed by atoms with Gasteiger partial charge >= 0.3 is 0 Å². The van der Waals surface area contributed by atoms with Crippen molar-refractivity contribution in [2.45, 2.75) is 18.9 Å². The zero-order valence-electron chi connectivity index (χ0n) is 10.9. The number of nitrogens with two attached hydrogens (primary N) is 1. The monoisotopic (exact) mass is 262 g/mol. The number of amidine groups is 1. The van der Waals surface area contributed by atoms with Crippen molar-refractivity contribution >= 4 is 11.5 Å². The van der Waals surface area contributed by atoms with Crippen LogP contribution in [0.2, 0.25) is 0 Å². The Hall–Kier alpha value is -1.62. The Morgan fingerprint density at radius 3 is 2.47 bits per heavy atom. The van der Waals surface area contributed by atoms with E-state index in [0.717, 1.165) is 37.9 Å². The van der Waals surface area contributed by atoms with Gasteiger partial charge in [-0.25, -0.2) is 4.39 Å². The molecule has 1 saturated carbocycles. The lowest BCUT2D eigenvalue weighted by atomic mass is 10.1. The van der Waals surface area contributed by atoms with Gasteiger partial charge in [-0.15, -0.1) is 0 Å². The lowest BCUT2D eigenvalue weighted by molar-refractivity contribution is 0.248. The lowest BCUT2D eigenvalue weighted by Gasteiger charge is -2.37. The molecule has 1 aliphatic heterocycles. The molecule has 1 saturated heterocycles. The highest BCUT2D eigenvalue weighted by Gasteiger charge is 2.31. The van der Waals surface area contributed by atoms with E-state index in [1.807, 2.05) is 6.07 Å². The highest BCUT2D eigenvalue weighted by Crippen LogP contribution is 2.29. The van der Waals surface area contributed by atoms with Crippen molar-refractivity contribution in [3.63, 3.8) is 0 Å². The minimum Gasteiger partial charge on any atom is -0.384 e. The van der Waals surface area contributed by atoms with Crippen molar-refractivity contribution in [2.24, 2.45) is 5.73 Å². The van der Waals surface area contributed by atoms with Crippen molar-refractivity contribution in [1.29, 1.82) is 5.41 Å². The first kappa shape index (κ1) is 12.4. The number of nitrogen functional groups attached to an aromatic ring is 1. The zero-order chi connectivity index (χ0) is 13.4. The molecule has 1 aromatic rings. The van der Waals surface area contributed by atoms with Gasteiger partial charge in [0.1, 0.15) is 11.7 Å². The Morgan fingerprint density at radius 2 is 1.89 bits per heavy atom. The van der Waals surface area contributed by atoms with Crippen molar-refractivity contribution in [3.05, 3.63) is 29.6 Å². The Morgan fingerprint density at radius 1 is 1.21 bits per heavy atom. The first-order valence-corrected chi connectivity index (χ1v) is 6.78. The number of anilines is 1. The molecule has 1 heterocycles. The Balaban J connectivity index is 1.79. The first-order chi connectivity index (χ1) is 9.16. The molecular formula is C14H19FN4. The summed E-state index contributed by atoms with van der Waals surface area (Å²) >= 11 is 0. The average Bonchev–Trinajstić information content (AvgIpc) is 3.22. The molecule has 0 aromatic heterocycles. The van der Waals surface area contributed by atoms with Gasteiger partial charge in [0.15, 0.2) is 0 Å². The topological polar surface area (TPSA) is 56.4 Å². The summed E-state index contributed by atoms with van der Waals surface area (Å²) in [6.45, 7) is 3.78. The van der Waals surface area contributed by atoms with Crippen molar-refractivity contribution < 1.29 is 4.39 Å². The summed E-state index contributed by atoms with van der Waals surface area (Å²) in [5, 5.41) is 7.55. The number of benzene rings is 1. The number of nitrogens with one attached hydrogen (secondary N) is 1. The SMILES string of the molecule is N=C(N)c1c(F)cccc1N1CCN(C2CC2)CC1. The van der Waals surface area contributed by atoms with Crippen molar-refractivity contribution in [1.82, 2.24) is 4.90 Å². The van der Waals surface area contributed by atoms with Crippen LogP contribution >= 0.6 is 0 Å². The zero-order valence-corrected chi connectivity index (χ0v) is 10.9. The molecule has 19 heavy (non-hydrogen) atoms. The Labute approximate surface area is 112 Å². The molecule has 0 unspecified atom stereocenters. The average molecular weight is 262 g/mol. The molecule has 0 atom stereocenters. The quantitative estimate of drug-likeness (QED) is 0.639. The predicted octanol–water partition coefficient (Wildman–Crippen LogP) is 1.39. The lowest BCUT2D eigenvalue weighted by Crippen LogP contribution is -2.47. The normalized spacial score (nSPS) is 20.6. The van der Waals surface area contributed by atoms with E-state index in [9.17, 15) is 4.39 Å². The van der Waals surface area contributed by atoms with E-state index in [4.69, 9.17) is 11.1 Å². The van der Waals surface area contributed by atoms with Crippen molar-refractivity contribution in [2.75, 3.05) is 31.1 Å². The smallest absolute Gasteiger partial charge is 0.136 e. The number of hydrogen-bond donors (Lipinski definition) is 2. The largest absolute Gasteiger partial charge is 0.384 e. The van der Waals surface area contributed by atoms with Crippen LogP contribution in [0.3, 0.4) is 0 Å². The number of rotatable bonds is 3. The fourth-order valence-corrected chi connectivity index (χ4v) is 2.81. The van der Waals surface area contributed by atoms with E-state index in [-0.39, 0.29) is 11.4 Å². The molecule has 2 fully saturated rings. The molecule has 0 spiro atoms. The molecule has 1 aliphatic carbocycles. The second-order valence-corrected chi connectivity index (χ2v) is 5.30. The van der Waals surface area contributed by atoms with Crippen LogP contribution in [-0.2, 0) is 0 Å². The number of piperazine rings is 1. The van der Waals surface area contributed by atoms with Crippen LogP contribution in [0.15, 0.2) is 18.2 Å². The van der Waals surface area contributed by atoms with E-state index < -0.39 is 5.82 Å². The van der Waals surface area contributed by atoms with E-state index in [1.54, 1.807) is 6.07 Å². The third kappa shape index (κ3) is 2.42. The van der Waals surface area contributed by atoms with E-state index in [2.05, 4.69) is 9.80 Å². The summed E-state index contributed by atoms with van der Waals surface area (Å²) in [4.78, 5) is 4.64. The molecule has 102 valence electrons. The fraction of sp³-hybridized carbons (Fsp3) is 0.500. The van der Waals surface area contributed by atoms with Gasteiger partial charge in [0.25, 0.3) is 0 Å². The molecule has 3 rings (SSSR count). The summed E-state index contributed by atoms with van der Waals surface area (Å²) in [7, 11) is 0. The third-order valence-corrected chi connectivity index (χ3v) is 3.98. The van der Waals surface area contributed by atoms with Crippen LogP contribution in [0.5, 0.6) is 0 Å². The molecule has 4 nitrogen and oxygen atoms in total. The summed E-state index contributed by atoms with van der Waals surface area (Å²) < 4.78 is 13.8. The Kier molecular flexibility index (Phi) is 3.14. The van der Waals surface area contributed by atoms with Gasteiger partial charge in [-0.2, -0.15) is 0 Å². The molecule has 3 N–H and O–H groups in total. The number of nitrogens with zero attached hydrogens (tertiary/aromatic N) is 2.